The lowest BCUT2D eigenvalue weighted by Crippen LogP contribution is -2.35. The quantitative estimate of drug-likeness (QED) is 0.789. The Morgan fingerprint density at radius 1 is 1.32 bits per heavy atom. The number of benzene rings is 1. The Labute approximate surface area is 140 Å². The molecule has 2 heterocycles. The van der Waals surface area contributed by atoms with Crippen LogP contribution >= 0.6 is 23.1 Å². The molecule has 1 saturated heterocycles. The molecular formula is C18H21NOS2. The predicted octanol–water partition coefficient (Wildman–Crippen LogP) is 4.73. The normalized spacial score (nSPS) is 19.3. The molecule has 1 aromatic carbocycles. The summed E-state index contributed by atoms with van der Waals surface area (Å²) < 4.78 is 0. The van der Waals surface area contributed by atoms with Crippen LogP contribution in [-0.4, -0.2) is 22.6 Å². The van der Waals surface area contributed by atoms with E-state index in [9.17, 15) is 4.79 Å². The fourth-order valence-corrected chi connectivity index (χ4v) is 4.69. The molecule has 2 aromatic rings. The van der Waals surface area contributed by atoms with Gasteiger partial charge in [-0.05, 0) is 36.8 Å². The zero-order chi connectivity index (χ0) is 15.4. The van der Waals surface area contributed by atoms with E-state index < -0.39 is 0 Å². The van der Waals surface area contributed by atoms with Crippen LogP contribution in [0.4, 0.5) is 0 Å². The second-order valence-electron chi connectivity index (χ2n) is 5.64. The Kier molecular flexibility index (Phi) is 5.21. The van der Waals surface area contributed by atoms with Gasteiger partial charge >= 0.3 is 0 Å². The van der Waals surface area contributed by atoms with Gasteiger partial charge in [0, 0.05) is 17.2 Å². The topological polar surface area (TPSA) is 20.3 Å². The predicted molar refractivity (Wildman–Crippen MR) is 95.2 cm³/mol. The lowest BCUT2D eigenvalue weighted by Gasteiger charge is -2.26. The van der Waals surface area contributed by atoms with E-state index in [1.807, 2.05) is 13.0 Å². The monoisotopic (exact) mass is 331 g/mol. The van der Waals surface area contributed by atoms with E-state index in [1.165, 1.54) is 10.4 Å². The number of carbonyl (C=O) groups excluding carboxylic acids is 1. The molecule has 0 N–H and O–H groups in total. The summed E-state index contributed by atoms with van der Waals surface area (Å²) in [5.74, 6) is 1.18. The SMILES string of the molecule is CC(SCc1ccccc1)C(=O)N1CCCC1c1cccs1. The lowest BCUT2D eigenvalue weighted by molar-refractivity contribution is -0.131. The molecule has 2 atom stereocenters. The van der Waals surface area contributed by atoms with Gasteiger partial charge in [0.15, 0.2) is 0 Å². The molecule has 2 unspecified atom stereocenters. The van der Waals surface area contributed by atoms with Crippen molar-refractivity contribution in [2.24, 2.45) is 0 Å². The second-order valence-corrected chi connectivity index (χ2v) is 7.95. The van der Waals surface area contributed by atoms with Crippen LogP contribution in [0, 0.1) is 0 Å². The smallest absolute Gasteiger partial charge is 0.235 e. The number of thiophene rings is 1. The summed E-state index contributed by atoms with van der Waals surface area (Å²) in [7, 11) is 0. The first-order chi connectivity index (χ1) is 10.8. The first kappa shape index (κ1) is 15.6. The number of likely N-dealkylation sites (tertiary alicyclic amines) is 1. The van der Waals surface area contributed by atoms with Gasteiger partial charge in [-0.3, -0.25) is 4.79 Å². The van der Waals surface area contributed by atoms with E-state index in [0.29, 0.717) is 6.04 Å². The van der Waals surface area contributed by atoms with Crippen molar-refractivity contribution in [1.29, 1.82) is 0 Å². The maximum atomic E-state index is 12.8. The number of amides is 1. The third-order valence-electron chi connectivity index (χ3n) is 4.10. The van der Waals surface area contributed by atoms with Crippen LogP contribution in [0.3, 0.4) is 0 Å². The summed E-state index contributed by atoms with van der Waals surface area (Å²) in [6.07, 6.45) is 2.21. The van der Waals surface area contributed by atoms with Gasteiger partial charge < -0.3 is 4.90 Å². The van der Waals surface area contributed by atoms with Gasteiger partial charge in [0.05, 0.1) is 11.3 Å². The molecule has 22 heavy (non-hydrogen) atoms. The standard InChI is InChI=1S/C18H21NOS2/c1-14(22-13-15-7-3-2-4-8-15)18(20)19-11-5-9-16(19)17-10-6-12-21-17/h2-4,6-8,10,12,14,16H,5,9,11,13H2,1H3. The van der Waals surface area contributed by atoms with Crippen LogP contribution in [0.25, 0.3) is 0 Å². The molecule has 1 aromatic heterocycles. The van der Waals surface area contributed by atoms with Crippen LogP contribution in [0.5, 0.6) is 0 Å². The highest BCUT2D eigenvalue weighted by Gasteiger charge is 2.32. The summed E-state index contributed by atoms with van der Waals surface area (Å²) >= 11 is 3.50. The average Bonchev–Trinajstić information content (AvgIpc) is 3.23. The summed E-state index contributed by atoms with van der Waals surface area (Å²) in [4.78, 5) is 16.2. The molecule has 1 fully saturated rings. The maximum absolute atomic E-state index is 12.8. The van der Waals surface area contributed by atoms with Crippen molar-refractivity contribution in [3.05, 3.63) is 58.3 Å². The Hall–Kier alpha value is -1.26. The van der Waals surface area contributed by atoms with E-state index in [0.717, 1.165) is 25.1 Å². The number of hydrogen-bond donors (Lipinski definition) is 0. The fraction of sp³-hybridized carbons (Fsp3) is 0.389. The van der Waals surface area contributed by atoms with Gasteiger partial charge in [0.2, 0.25) is 5.91 Å². The Morgan fingerprint density at radius 3 is 2.86 bits per heavy atom. The second kappa shape index (κ2) is 7.34. The zero-order valence-electron chi connectivity index (χ0n) is 12.8. The third kappa shape index (κ3) is 3.55. The van der Waals surface area contributed by atoms with E-state index in [-0.39, 0.29) is 11.2 Å². The molecule has 1 amide bonds. The minimum atomic E-state index is 0.0146. The zero-order valence-corrected chi connectivity index (χ0v) is 14.4. The summed E-state index contributed by atoms with van der Waals surface area (Å²) in [6.45, 7) is 2.94. The molecule has 0 radical (unpaired) electrons. The van der Waals surface area contributed by atoms with Gasteiger partial charge in [-0.1, -0.05) is 36.4 Å². The molecule has 4 heteroatoms. The number of carbonyl (C=O) groups is 1. The molecular weight excluding hydrogens is 310 g/mol. The number of rotatable bonds is 5. The van der Waals surface area contributed by atoms with E-state index >= 15 is 0 Å². The summed E-state index contributed by atoms with van der Waals surface area (Å²) in [6, 6.07) is 14.9. The number of nitrogens with zero attached hydrogens (tertiary/aromatic N) is 1. The van der Waals surface area contributed by atoms with E-state index in [2.05, 4.69) is 46.7 Å². The molecule has 3 rings (SSSR count). The van der Waals surface area contributed by atoms with E-state index in [1.54, 1.807) is 23.1 Å². The van der Waals surface area contributed by atoms with Crippen molar-refractivity contribution in [3.8, 4) is 0 Å². The highest BCUT2D eigenvalue weighted by molar-refractivity contribution is 7.99. The Morgan fingerprint density at radius 2 is 2.14 bits per heavy atom. The largest absolute Gasteiger partial charge is 0.334 e. The molecule has 116 valence electrons. The third-order valence-corrected chi connectivity index (χ3v) is 6.27. The highest BCUT2D eigenvalue weighted by Crippen LogP contribution is 2.36. The molecule has 0 bridgehead atoms. The molecule has 0 saturated carbocycles. The minimum absolute atomic E-state index is 0.0146. The van der Waals surface area contributed by atoms with Crippen LogP contribution in [0.2, 0.25) is 0 Å². The van der Waals surface area contributed by atoms with Gasteiger partial charge in [-0.15, -0.1) is 23.1 Å². The lowest BCUT2D eigenvalue weighted by atomic mass is 10.2. The molecule has 2 nitrogen and oxygen atoms in total. The van der Waals surface area contributed by atoms with E-state index in [4.69, 9.17) is 0 Å². The van der Waals surface area contributed by atoms with Gasteiger partial charge in [0.1, 0.15) is 0 Å². The fourth-order valence-electron chi connectivity index (χ4n) is 2.91. The Balaban J connectivity index is 1.60. The van der Waals surface area contributed by atoms with Crippen molar-refractivity contribution >= 4 is 29.0 Å². The Bertz CT molecular complexity index is 597. The summed E-state index contributed by atoms with van der Waals surface area (Å²) in [5.41, 5.74) is 1.28. The van der Waals surface area contributed by atoms with Gasteiger partial charge in [-0.2, -0.15) is 0 Å². The maximum Gasteiger partial charge on any atom is 0.235 e. The van der Waals surface area contributed by atoms with Crippen LogP contribution in [0.1, 0.15) is 36.2 Å². The number of hydrogen-bond acceptors (Lipinski definition) is 3. The van der Waals surface area contributed by atoms with Crippen molar-refractivity contribution in [2.45, 2.75) is 36.8 Å². The molecule has 1 aliphatic rings. The molecule has 1 aliphatic heterocycles. The highest BCUT2D eigenvalue weighted by atomic mass is 32.2. The summed E-state index contributed by atoms with van der Waals surface area (Å²) in [5, 5.41) is 2.12. The van der Waals surface area contributed by atoms with Gasteiger partial charge in [-0.25, -0.2) is 0 Å². The van der Waals surface area contributed by atoms with Crippen molar-refractivity contribution < 1.29 is 4.79 Å². The van der Waals surface area contributed by atoms with Crippen LogP contribution < -0.4 is 0 Å². The first-order valence-electron chi connectivity index (χ1n) is 7.75. The van der Waals surface area contributed by atoms with Crippen molar-refractivity contribution in [3.63, 3.8) is 0 Å². The molecule has 0 spiro atoms. The number of thioether (sulfide) groups is 1. The van der Waals surface area contributed by atoms with Crippen LogP contribution in [-0.2, 0) is 10.5 Å². The van der Waals surface area contributed by atoms with Crippen molar-refractivity contribution in [1.82, 2.24) is 4.90 Å². The first-order valence-corrected chi connectivity index (χ1v) is 9.68. The minimum Gasteiger partial charge on any atom is -0.334 e. The van der Waals surface area contributed by atoms with Crippen molar-refractivity contribution in [2.75, 3.05) is 6.54 Å². The van der Waals surface area contributed by atoms with Gasteiger partial charge in [0.25, 0.3) is 0 Å². The average molecular weight is 332 g/mol. The molecule has 0 aliphatic carbocycles. The van der Waals surface area contributed by atoms with Crippen LogP contribution in [0.15, 0.2) is 47.8 Å².